The van der Waals surface area contributed by atoms with Crippen LogP contribution in [-0.2, 0) is 22.7 Å². The van der Waals surface area contributed by atoms with Crippen LogP contribution in [0.3, 0.4) is 0 Å². The van der Waals surface area contributed by atoms with Gasteiger partial charge >= 0.3 is 6.30 Å². The molecule has 10 heteroatoms. The summed E-state index contributed by atoms with van der Waals surface area (Å²) >= 11 is 0. The predicted octanol–water partition coefficient (Wildman–Crippen LogP) is 3.00. The second kappa shape index (κ2) is 6.17. The number of hydrogen-bond donors (Lipinski definition) is 1. The molecule has 0 amide bonds. The summed E-state index contributed by atoms with van der Waals surface area (Å²) < 4.78 is 51.6. The van der Waals surface area contributed by atoms with Crippen LogP contribution in [0.15, 0.2) is 24.3 Å². The fourth-order valence-electron chi connectivity index (χ4n) is 2.46. The maximum absolute atomic E-state index is 13.5. The van der Waals surface area contributed by atoms with Crippen LogP contribution in [0.2, 0.25) is 0 Å². The van der Waals surface area contributed by atoms with E-state index in [1.807, 2.05) is 0 Å². The fourth-order valence-corrected chi connectivity index (χ4v) is 3.14. The molecule has 2 unspecified atom stereocenters. The highest BCUT2D eigenvalue weighted by Crippen LogP contribution is 2.38. The molecule has 1 aromatic carbocycles. The minimum Gasteiger partial charge on any atom is -0.384 e. The van der Waals surface area contributed by atoms with Crippen LogP contribution >= 0.6 is 0 Å². The highest BCUT2D eigenvalue weighted by molar-refractivity contribution is 7.84. The number of alkyl halides is 3. The molecule has 1 N–H and O–H groups in total. The molecule has 0 aliphatic heterocycles. The molecule has 0 radical (unpaired) electrons. The molecule has 2 aromatic rings. The third kappa shape index (κ3) is 3.59. The number of fused-ring (bicyclic) bond motifs is 1. The fraction of sp³-hybridized carbons (Fsp3) is 0.429. The summed E-state index contributed by atoms with van der Waals surface area (Å²) in [4.78, 5) is 10.1. The zero-order valence-electron chi connectivity index (χ0n) is 12.8. The van der Waals surface area contributed by atoms with E-state index in [0.717, 1.165) is 24.3 Å². The van der Waals surface area contributed by atoms with E-state index in [1.54, 1.807) is 0 Å². The lowest BCUT2D eigenvalue weighted by Gasteiger charge is -2.26. The largest absolute Gasteiger partial charge is 0.489 e. The molecule has 6 nitrogen and oxygen atoms in total. The number of hydrogen-bond acceptors (Lipinski definition) is 4. The Kier molecular flexibility index (Phi) is 4.73. The van der Waals surface area contributed by atoms with Crippen LogP contribution in [0, 0.1) is 10.1 Å². The molecular formula is C14H15F3N2O4S. The average molecular weight is 364 g/mol. The van der Waals surface area contributed by atoms with E-state index in [4.69, 9.17) is 0 Å². The van der Waals surface area contributed by atoms with E-state index in [2.05, 4.69) is 0 Å². The highest BCUT2D eigenvalue weighted by atomic mass is 32.2. The van der Waals surface area contributed by atoms with Crippen molar-refractivity contribution in [1.82, 2.24) is 4.57 Å². The number of nitrogens with zero attached hydrogens (tertiary/aromatic N) is 2. The first-order chi connectivity index (χ1) is 10.9. The number of benzene rings is 1. The molecule has 2 rings (SSSR count). The molecule has 1 aromatic heterocycles. The molecule has 0 fully saturated rings. The van der Waals surface area contributed by atoms with Gasteiger partial charge in [0.15, 0.2) is 0 Å². The molecule has 24 heavy (non-hydrogen) atoms. The second-order valence-electron chi connectivity index (χ2n) is 5.63. The summed E-state index contributed by atoms with van der Waals surface area (Å²) in [6.45, 7) is 1.20. The first kappa shape index (κ1) is 18.4. The maximum atomic E-state index is 13.5. The Hall–Kier alpha value is -1.94. The lowest BCUT2D eigenvalue weighted by atomic mass is 9.99. The lowest BCUT2D eigenvalue weighted by Crippen LogP contribution is -2.31. The van der Waals surface area contributed by atoms with E-state index >= 15 is 0 Å². The number of rotatable bonds is 5. The second-order valence-corrected chi connectivity index (χ2v) is 7.19. The summed E-state index contributed by atoms with van der Waals surface area (Å²) in [7, 11) is -1.28. The van der Waals surface area contributed by atoms with Crippen molar-refractivity contribution in [3.63, 3.8) is 0 Å². The van der Waals surface area contributed by atoms with E-state index in [9.17, 15) is 32.6 Å². The molecule has 0 aliphatic rings. The first-order valence-corrected chi connectivity index (χ1v) is 8.56. The van der Waals surface area contributed by atoms with E-state index < -0.39 is 33.3 Å². The van der Waals surface area contributed by atoms with Gasteiger partial charge in [-0.05, 0) is 25.5 Å². The molecule has 132 valence electrons. The quantitative estimate of drug-likeness (QED) is 0.653. The SMILES string of the molecule is CS(=O)CCC(C)(O)c1cc2cc([N+](=O)[O-])ccc2n1C(F)(F)F. The summed E-state index contributed by atoms with van der Waals surface area (Å²) in [5.41, 5.74) is -2.98. The van der Waals surface area contributed by atoms with Crippen LogP contribution in [0.5, 0.6) is 0 Å². The van der Waals surface area contributed by atoms with Gasteiger partial charge in [-0.25, -0.2) is 0 Å². The number of aromatic nitrogens is 1. The summed E-state index contributed by atoms with van der Waals surface area (Å²) in [6.07, 6.45) is -3.58. The monoisotopic (exact) mass is 364 g/mol. The zero-order chi connectivity index (χ0) is 18.3. The molecule has 2 atom stereocenters. The molecule has 0 saturated carbocycles. The minimum absolute atomic E-state index is 0.00460. The Morgan fingerprint density at radius 1 is 1.33 bits per heavy atom. The highest BCUT2D eigenvalue weighted by Gasteiger charge is 2.40. The lowest BCUT2D eigenvalue weighted by molar-refractivity contribution is -0.384. The zero-order valence-corrected chi connectivity index (χ0v) is 13.6. The van der Waals surface area contributed by atoms with Crippen LogP contribution in [0.1, 0.15) is 19.0 Å². The molecule has 0 spiro atoms. The van der Waals surface area contributed by atoms with E-state index in [0.29, 0.717) is 0 Å². The van der Waals surface area contributed by atoms with Crippen LogP contribution in [0.4, 0.5) is 18.9 Å². The number of nitro benzene ring substituents is 1. The Balaban J connectivity index is 2.67. The van der Waals surface area contributed by atoms with Gasteiger partial charge in [0.25, 0.3) is 5.69 Å². The van der Waals surface area contributed by atoms with E-state index in [-0.39, 0.29) is 33.3 Å². The predicted molar refractivity (Wildman–Crippen MR) is 83.0 cm³/mol. The first-order valence-electron chi connectivity index (χ1n) is 6.83. The smallest absolute Gasteiger partial charge is 0.384 e. The van der Waals surface area contributed by atoms with Crippen LogP contribution in [0.25, 0.3) is 10.9 Å². The van der Waals surface area contributed by atoms with Crippen LogP contribution in [-0.4, -0.2) is 30.8 Å². The van der Waals surface area contributed by atoms with Gasteiger partial charge in [-0.15, -0.1) is 13.2 Å². The van der Waals surface area contributed by atoms with Crippen molar-refractivity contribution in [1.29, 1.82) is 0 Å². The number of nitro groups is 1. The number of halogens is 3. The van der Waals surface area contributed by atoms with Gasteiger partial charge < -0.3 is 5.11 Å². The number of aliphatic hydroxyl groups is 1. The van der Waals surface area contributed by atoms with Gasteiger partial charge in [-0.2, -0.15) is 0 Å². The van der Waals surface area contributed by atoms with Crippen molar-refractivity contribution in [3.05, 3.63) is 40.1 Å². The molecule has 1 heterocycles. The number of non-ortho nitro benzene ring substituents is 1. The average Bonchev–Trinajstić information content (AvgIpc) is 2.84. The van der Waals surface area contributed by atoms with Crippen molar-refractivity contribution in [2.45, 2.75) is 25.2 Å². The standard InChI is InChI=1S/C14H15F3N2O4S/c1-13(20,5-6-24(2)23)12-8-9-7-10(19(21)22)3-4-11(9)18(12)14(15,16)17/h3-4,7-8,20H,5-6H2,1-2H3. The van der Waals surface area contributed by atoms with Crippen molar-refractivity contribution < 1.29 is 27.4 Å². The third-order valence-electron chi connectivity index (χ3n) is 3.68. The summed E-state index contributed by atoms with van der Waals surface area (Å²) in [5.74, 6) is 0.0204. The normalized spacial score (nSPS) is 16.1. The van der Waals surface area contributed by atoms with Gasteiger partial charge in [0, 0.05) is 40.3 Å². The Bertz CT molecular complexity index is 814. The molecular weight excluding hydrogens is 349 g/mol. The van der Waals surface area contributed by atoms with Gasteiger partial charge in [0.1, 0.15) is 5.60 Å². The van der Waals surface area contributed by atoms with Crippen molar-refractivity contribution in [2.24, 2.45) is 0 Å². The maximum Gasteiger partial charge on any atom is 0.489 e. The van der Waals surface area contributed by atoms with Crippen molar-refractivity contribution in [2.75, 3.05) is 12.0 Å². The third-order valence-corrected chi connectivity index (χ3v) is 4.46. The van der Waals surface area contributed by atoms with Crippen molar-refractivity contribution in [3.8, 4) is 0 Å². The topological polar surface area (TPSA) is 85.4 Å². The van der Waals surface area contributed by atoms with E-state index in [1.165, 1.54) is 13.2 Å². The Labute approximate surface area is 137 Å². The van der Waals surface area contributed by atoms with Gasteiger partial charge in [0.05, 0.1) is 16.1 Å². The molecule has 0 aliphatic carbocycles. The molecule has 0 saturated heterocycles. The van der Waals surface area contributed by atoms with Gasteiger partial charge in [-0.3, -0.25) is 18.9 Å². The van der Waals surface area contributed by atoms with Crippen LogP contribution < -0.4 is 0 Å². The van der Waals surface area contributed by atoms with Gasteiger partial charge in [0.2, 0.25) is 0 Å². The Morgan fingerprint density at radius 2 is 1.96 bits per heavy atom. The molecule has 0 bridgehead atoms. The van der Waals surface area contributed by atoms with Gasteiger partial charge in [-0.1, -0.05) is 0 Å². The summed E-state index contributed by atoms with van der Waals surface area (Å²) in [5, 5.41) is 21.3. The Morgan fingerprint density at radius 3 is 2.46 bits per heavy atom. The minimum atomic E-state index is -4.82. The van der Waals surface area contributed by atoms with Crippen molar-refractivity contribution >= 4 is 27.4 Å². The summed E-state index contributed by atoms with van der Waals surface area (Å²) in [6, 6.07) is 4.08.